The third-order valence-corrected chi connectivity index (χ3v) is 4.74. The predicted molar refractivity (Wildman–Crippen MR) is 116 cm³/mol. The van der Waals surface area contributed by atoms with E-state index in [4.69, 9.17) is 0 Å². The largest absolute Gasteiger partial charge is 0.435 e. The maximum Gasteiger partial charge on any atom is 0.435 e. The van der Waals surface area contributed by atoms with E-state index in [1.165, 1.54) is 30.8 Å². The van der Waals surface area contributed by atoms with Crippen molar-refractivity contribution >= 4 is 29.9 Å². The van der Waals surface area contributed by atoms with Gasteiger partial charge < -0.3 is 15.5 Å². The molecule has 0 atom stereocenters. The topological polar surface area (TPSA) is 57.5 Å². The van der Waals surface area contributed by atoms with Crippen molar-refractivity contribution in [1.82, 2.24) is 25.3 Å². The van der Waals surface area contributed by atoms with Crippen molar-refractivity contribution in [3.8, 4) is 0 Å². The number of guanidine groups is 1. The standard InChI is InChI=1S/C18H31F3N6.HI/c1-4-22-17(23-8-5-9-27-10-6-14(2)7-11-27)24-12-15-13-26(3)25-16(15)18(19,20)21;/h13-14H,4-12H2,1-3H3,(H2,22,23,24);1H. The van der Waals surface area contributed by atoms with Gasteiger partial charge in [0.2, 0.25) is 0 Å². The van der Waals surface area contributed by atoms with Crippen LogP contribution in [0.1, 0.15) is 44.4 Å². The average molecular weight is 516 g/mol. The molecule has 1 aliphatic rings. The first kappa shape index (κ1) is 25.0. The van der Waals surface area contributed by atoms with Gasteiger partial charge in [-0.1, -0.05) is 6.92 Å². The Hall–Kier alpha value is -1.04. The van der Waals surface area contributed by atoms with Gasteiger partial charge in [-0.15, -0.1) is 24.0 Å². The summed E-state index contributed by atoms with van der Waals surface area (Å²) in [5, 5.41) is 9.80. The van der Waals surface area contributed by atoms with E-state index in [0.29, 0.717) is 12.5 Å². The van der Waals surface area contributed by atoms with E-state index in [2.05, 4.69) is 32.5 Å². The second-order valence-electron chi connectivity index (χ2n) is 7.17. The molecular formula is C18H32F3IN6. The molecule has 1 saturated heterocycles. The van der Waals surface area contributed by atoms with Gasteiger partial charge in [0.05, 0.1) is 6.54 Å². The van der Waals surface area contributed by atoms with Gasteiger partial charge in [0, 0.05) is 31.9 Å². The maximum atomic E-state index is 13.0. The number of hydrogen-bond acceptors (Lipinski definition) is 3. The van der Waals surface area contributed by atoms with Crippen LogP contribution in [0.25, 0.3) is 0 Å². The number of aliphatic imine (C=N–C) groups is 1. The van der Waals surface area contributed by atoms with E-state index in [0.717, 1.165) is 38.5 Å². The lowest BCUT2D eigenvalue weighted by atomic mass is 9.99. The molecule has 28 heavy (non-hydrogen) atoms. The Morgan fingerprint density at radius 3 is 2.57 bits per heavy atom. The molecule has 0 aliphatic carbocycles. The number of aryl methyl sites for hydroxylation is 1. The Balaban J connectivity index is 0.00000392. The first-order chi connectivity index (χ1) is 12.8. The van der Waals surface area contributed by atoms with Gasteiger partial charge in [-0.05, 0) is 51.7 Å². The van der Waals surface area contributed by atoms with Crippen molar-refractivity contribution in [1.29, 1.82) is 0 Å². The second kappa shape index (κ2) is 11.8. The first-order valence-corrected chi connectivity index (χ1v) is 9.63. The van der Waals surface area contributed by atoms with Crippen LogP contribution in [0, 0.1) is 5.92 Å². The third-order valence-electron chi connectivity index (χ3n) is 4.74. The Morgan fingerprint density at radius 2 is 1.96 bits per heavy atom. The molecule has 1 aromatic heterocycles. The van der Waals surface area contributed by atoms with E-state index < -0.39 is 11.9 Å². The third kappa shape index (κ3) is 8.14. The Kier molecular flexibility index (Phi) is 10.6. The lowest BCUT2D eigenvalue weighted by Crippen LogP contribution is -2.39. The van der Waals surface area contributed by atoms with Gasteiger partial charge >= 0.3 is 6.18 Å². The molecule has 0 amide bonds. The zero-order chi connectivity index (χ0) is 19.9. The van der Waals surface area contributed by atoms with Gasteiger partial charge in [0.1, 0.15) is 0 Å². The number of nitrogens with one attached hydrogen (secondary N) is 2. The lowest BCUT2D eigenvalue weighted by molar-refractivity contribution is -0.142. The maximum absolute atomic E-state index is 13.0. The summed E-state index contributed by atoms with van der Waals surface area (Å²) in [4.78, 5) is 6.76. The van der Waals surface area contributed by atoms with E-state index in [1.807, 2.05) is 6.92 Å². The highest BCUT2D eigenvalue weighted by Gasteiger charge is 2.36. The number of piperidine rings is 1. The summed E-state index contributed by atoms with van der Waals surface area (Å²) >= 11 is 0. The number of hydrogen-bond donors (Lipinski definition) is 2. The fourth-order valence-corrected chi connectivity index (χ4v) is 3.19. The summed E-state index contributed by atoms with van der Waals surface area (Å²) in [7, 11) is 1.48. The average Bonchev–Trinajstić information content (AvgIpc) is 2.99. The molecule has 1 fully saturated rings. The smallest absolute Gasteiger partial charge is 0.357 e. The summed E-state index contributed by atoms with van der Waals surface area (Å²) in [6, 6.07) is 0. The minimum absolute atomic E-state index is 0. The molecule has 1 aliphatic heterocycles. The molecule has 162 valence electrons. The second-order valence-corrected chi connectivity index (χ2v) is 7.17. The van der Waals surface area contributed by atoms with E-state index in [9.17, 15) is 13.2 Å². The molecule has 2 N–H and O–H groups in total. The lowest BCUT2D eigenvalue weighted by Gasteiger charge is -2.30. The molecule has 10 heteroatoms. The van der Waals surface area contributed by atoms with Gasteiger partial charge in [-0.25, -0.2) is 4.99 Å². The van der Waals surface area contributed by atoms with Crippen LogP contribution in [0.4, 0.5) is 13.2 Å². The number of alkyl halides is 3. The van der Waals surface area contributed by atoms with E-state index in [-0.39, 0.29) is 36.1 Å². The van der Waals surface area contributed by atoms with Gasteiger partial charge in [0.15, 0.2) is 11.7 Å². The van der Waals surface area contributed by atoms with Crippen molar-refractivity contribution in [3.63, 3.8) is 0 Å². The Morgan fingerprint density at radius 1 is 1.29 bits per heavy atom. The molecule has 1 aromatic rings. The minimum Gasteiger partial charge on any atom is -0.357 e. The SMILES string of the molecule is CCNC(=NCc1cn(C)nc1C(F)(F)F)NCCCN1CCC(C)CC1.I. The predicted octanol–water partition coefficient (Wildman–Crippen LogP) is 3.23. The van der Waals surface area contributed by atoms with Crippen LogP contribution in [0.2, 0.25) is 0 Å². The van der Waals surface area contributed by atoms with Crippen molar-refractivity contribution in [2.75, 3.05) is 32.7 Å². The number of nitrogens with zero attached hydrogens (tertiary/aromatic N) is 4. The molecule has 0 unspecified atom stereocenters. The summed E-state index contributed by atoms with van der Waals surface area (Å²) in [6.07, 6.45) is 0.380. The van der Waals surface area contributed by atoms with Crippen LogP contribution in [0.3, 0.4) is 0 Å². The van der Waals surface area contributed by atoms with Gasteiger partial charge in [-0.3, -0.25) is 4.68 Å². The number of halogens is 4. The van der Waals surface area contributed by atoms with Crippen LogP contribution in [-0.2, 0) is 19.8 Å². The molecule has 0 saturated carbocycles. The zero-order valence-electron chi connectivity index (χ0n) is 16.8. The molecular weight excluding hydrogens is 484 g/mol. The highest BCUT2D eigenvalue weighted by molar-refractivity contribution is 14.0. The van der Waals surface area contributed by atoms with E-state index in [1.54, 1.807) is 0 Å². The molecule has 0 spiro atoms. The number of rotatable bonds is 7. The zero-order valence-corrected chi connectivity index (χ0v) is 19.2. The van der Waals surface area contributed by atoms with E-state index >= 15 is 0 Å². The quantitative estimate of drug-likeness (QED) is 0.253. The van der Waals surface area contributed by atoms with Crippen molar-refractivity contribution in [2.24, 2.45) is 18.0 Å². The fraction of sp³-hybridized carbons (Fsp3) is 0.778. The van der Waals surface area contributed by atoms with Gasteiger partial charge in [-0.2, -0.15) is 18.3 Å². The highest BCUT2D eigenvalue weighted by Crippen LogP contribution is 2.30. The molecule has 2 heterocycles. The van der Waals surface area contributed by atoms with Gasteiger partial charge in [0.25, 0.3) is 0 Å². The summed E-state index contributed by atoms with van der Waals surface area (Å²) < 4.78 is 40.2. The van der Waals surface area contributed by atoms with Crippen molar-refractivity contribution in [2.45, 2.75) is 45.8 Å². The molecule has 0 bridgehead atoms. The van der Waals surface area contributed by atoms with Crippen LogP contribution in [0.15, 0.2) is 11.2 Å². The monoisotopic (exact) mass is 516 g/mol. The van der Waals surface area contributed by atoms with Crippen molar-refractivity contribution < 1.29 is 13.2 Å². The number of aromatic nitrogens is 2. The van der Waals surface area contributed by atoms with Crippen molar-refractivity contribution in [3.05, 3.63) is 17.5 Å². The molecule has 2 rings (SSSR count). The normalized spacial score (nSPS) is 16.7. The molecule has 0 aromatic carbocycles. The molecule has 6 nitrogen and oxygen atoms in total. The summed E-state index contributed by atoms with van der Waals surface area (Å²) in [5.41, 5.74) is -0.798. The fourth-order valence-electron chi connectivity index (χ4n) is 3.19. The Labute approximate surface area is 182 Å². The van der Waals surface area contributed by atoms with Crippen LogP contribution < -0.4 is 10.6 Å². The summed E-state index contributed by atoms with van der Waals surface area (Å²) in [5.74, 6) is 1.35. The van der Waals surface area contributed by atoms with Crippen LogP contribution >= 0.6 is 24.0 Å². The number of likely N-dealkylation sites (tertiary alicyclic amines) is 1. The first-order valence-electron chi connectivity index (χ1n) is 9.63. The molecule has 0 radical (unpaired) electrons. The minimum atomic E-state index is -4.47. The Bertz CT molecular complexity index is 609. The highest BCUT2D eigenvalue weighted by atomic mass is 127. The summed E-state index contributed by atoms with van der Waals surface area (Å²) in [6.45, 7) is 8.86. The van der Waals surface area contributed by atoms with Crippen LogP contribution in [0.5, 0.6) is 0 Å². The van der Waals surface area contributed by atoms with Crippen LogP contribution in [-0.4, -0.2) is 53.4 Å².